The summed E-state index contributed by atoms with van der Waals surface area (Å²) in [5, 5.41) is 12.3. The van der Waals surface area contributed by atoms with Gasteiger partial charge in [0.2, 0.25) is 0 Å². The van der Waals surface area contributed by atoms with Gasteiger partial charge in [0.1, 0.15) is 11.8 Å². The molecule has 1 unspecified atom stereocenters. The van der Waals surface area contributed by atoms with Crippen LogP contribution in [0.3, 0.4) is 0 Å². The molecule has 1 rings (SSSR count). The van der Waals surface area contributed by atoms with Gasteiger partial charge >= 0.3 is 5.97 Å². The van der Waals surface area contributed by atoms with E-state index in [1.165, 1.54) is 21.3 Å². The van der Waals surface area contributed by atoms with Crippen LogP contribution in [-0.2, 0) is 9.53 Å². The van der Waals surface area contributed by atoms with Gasteiger partial charge in [0.25, 0.3) is 0 Å². The molecule has 7 heteroatoms. The molecule has 0 aliphatic rings. The van der Waals surface area contributed by atoms with E-state index in [2.05, 4.69) is 5.32 Å². The van der Waals surface area contributed by atoms with Crippen molar-refractivity contribution in [3.05, 3.63) is 17.7 Å². The van der Waals surface area contributed by atoms with E-state index >= 15 is 0 Å². The second kappa shape index (κ2) is 8.33. The number of aliphatic carboxylic acids is 1. The molecule has 0 bridgehead atoms. The zero-order chi connectivity index (χ0) is 15.8. The lowest BCUT2D eigenvalue weighted by Crippen LogP contribution is -2.31. The highest BCUT2D eigenvalue weighted by Gasteiger charge is 2.25. The molecule has 0 aliphatic heterocycles. The molecule has 118 valence electrons. The lowest BCUT2D eigenvalue weighted by molar-refractivity contribution is -0.139. The SMILES string of the molecule is COCCNC(C(=O)O)c1cc(OC)c(OC)cc1OC. The van der Waals surface area contributed by atoms with Crippen LogP contribution < -0.4 is 19.5 Å². The van der Waals surface area contributed by atoms with Crippen LogP contribution in [0.1, 0.15) is 11.6 Å². The molecule has 0 aromatic heterocycles. The molecule has 0 fully saturated rings. The summed E-state index contributed by atoms with van der Waals surface area (Å²) in [6, 6.07) is 2.26. The average molecular weight is 299 g/mol. The van der Waals surface area contributed by atoms with Gasteiger partial charge in [0, 0.05) is 25.3 Å². The summed E-state index contributed by atoms with van der Waals surface area (Å²) in [6.45, 7) is 0.796. The van der Waals surface area contributed by atoms with Crippen molar-refractivity contribution < 1.29 is 28.8 Å². The molecular formula is C14H21NO6. The predicted octanol–water partition coefficient (Wildman–Crippen LogP) is 1.07. The highest BCUT2D eigenvalue weighted by molar-refractivity contribution is 5.77. The minimum Gasteiger partial charge on any atom is -0.496 e. The van der Waals surface area contributed by atoms with Crippen molar-refractivity contribution in [3.8, 4) is 17.2 Å². The summed E-state index contributed by atoms with van der Waals surface area (Å²) in [7, 11) is 6.01. The van der Waals surface area contributed by atoms with Gasteiger partial charge in [0.15, 0.2) is 11.5 Å². The summed E-state index contributed by atoms with van der Waals surface area (Å²) in [5.74, 6) is 0.300. The average Bonchev–Trinajstić information content (AvgIpc) is 2.50. The fraction of sp³-hybridized carbons (Fsp3) is 0.500. The zero-order valence-corrected chi connectivity index (χ0v) is 12.6. The number of carboxylic acid groups (broad SMARTS) is 1. The number of rotatable bonds is 9. The monoisotopic (exact) mass is 299 g/mol. The molecule has 1 aromatic carbocycles. The van der Waals surface area contributed by atoms with E-state index in [9.17, 15) is 9.90 Å². The van der Waals surface area contributed by atoms with Gasteiger partial charge in [-0.05, 0) is 6.07 Å². The van der Waals surface area contributed by atoms with E-state index in [1.807, 2.05) is 0 Å². The van der Waals surface area contributed by atoms with Gasteiger partial charge in [-0.2, -0.15) is 0 Å². The maximum absolute atomic E-state index is 11.5. The van der Waals surface area contributed by atoms with Crippen LogP contribution >= 0.6 is 0 Å². The Morgan fingerprint density at radius 1 is 1.10 bits per heavy atom. The van der Waals surface area contributed by atoms with Crippen LogP contribution in [0, 0.1) is 0 Å². The van der Waals surface area contributed by atoms with Crippen molar-refractivity contribution >= 4 is 5.97 Å². The second-order valence-corrected chi connectivity index (χ2v) is 4.17. The van der Waals surface area contributed by atoms with Crippen molar-refractivity contribution in [2.75, 3.05) is 41.6 Å². The number of ether oxygens (including phenoxy) is 4. The second-order valence-electron chi connectivity index (χ2n) is 4.17. The highest BCUT2D eigenvalue weighted by atomic mass is 16.5. The van der Waals surface area contributed by atoms with E-state index in [0.717, 1.165) is 0 Å². The van der Waals surface area contributed by atoms with E-state index in [4.69, 9.17) is 18.9 Å². The summed E-state index contributed by atoms with van der Waals surface area (Å²) < 4.78 is 20.6. The number of methoxy groups -OCH3 is 4. The fourth-order valence-corrected chi connectivity index (χ4v) is 1.91. The first-order valence-electron chi connectivity index (χ1n) is 6.34. The van der Waals surface area contributed by atoms with Gasteiger partial charge in [-0.3, -0.25) is 10.1 Å². The van der Waals surface area contributed by atoms with Crippen molar-refractivity contribution in [3.63, 3.8) is 0 Å². The molecule has 0 heterocycles. The van der Waals surface area contributed by atoms with Gasteiger partial charge in [-0.1, -0.05) is 0 Å². The fourth-order valence-electron chi connectivity index (χ4n) is 1.91. The number of hydrogen-bond donors (Lipinski definition) is 2. The van der Waals surface area contributed by atoms with Crippen molar-refractivity contribution in [2.24, 2.45) is 0 Å². The van der Waals surface area contributed by atoms with E-state index in [0.29, 0.717) is 36.0 Å². The molecule has 0 saturated heterocycles. The van der Waals surface area contributed by atoms with Crippen molar-refractivity contribution in [2.45, 2.75) is 6.04 Å². The zero-order valence-electron chi connectivity index (χ0n) is 12.6. The van der Waals surface area contributed by atoms with Gasteiger partial charge < -0.3 is 24.1 Å². The molecule has 0 spiro atoms. The Hall–Kier alpha value is -1.99. The van der Waals surface area contributed by atoms with E-state index < -0.39 is 12.0 Å². The molecular weight excluding hydrogens is 278 g/mol. The van der Waals surface area contributed by atoms with E-state index in [1.54, 1.807) is 19.2 Å². The summed E-state index contributed by atoms with van der Waals surface area (Å²) in [6.07, 6.45) is 0. The molecule has 0 saturated carbocycles. The first-order valence-corrected chi connectivity index (χ1v) is 6.34. The lowest BCUT2D eigenvalue weighted by atomic mass is 10.0. The summed E-state index contributed by atoms with van der Waals surface area (Å²) in [4.78, 5) is 11.5. The highest BCUT2D eigenvalue weighted by Crippen LogP contribution is 2.37. The quantitative estimate of drug-likeness (QED) is 0.660. The molecule has 7 nitrogen and oxygen atoms in total. The Balaban J connectivity index is 3.19. The minimum atomic E-state index is -1.02. The van der Waals surface area contributed by atoms with Crippen LogP contribution in [0.5, 0.6) is 17.2 Å². The first-order chi connectivity index (χ1) is 10.1. The third kappa shape index (κ3) is 4.24. The largest absolute Gasteiger partial charge is 0.496 e. The molecule has 2 N–H and O–H groups in total. The Morgan fingerprint density at radius 3 is 2.14 bits per heavy atom. The first kappa shape index (κ1) is 17.1. The third-order valence-corrected chi connectivity index (χ3v) is 2.95. The molecule has 21 heavy (non-hydrogen) atoms. The third-order valence-electron chi connectivity index (χ3n) is 2.95. The van der Waals surface area contributed by atoms with Gasteiger partial charge in [-0.25, -0.2) is 0 Å². The number of benzene rings is 1. The minimum absolute atomic E-state index is 0.394. The maximum atomic E-state index is 11.5. The van der Waals surface area contributed by atoms with E-state index in [-0.39, 0.29) is 0 Å². The number of carboxylic acids is 1. The summed E-state index contributed by atoms with van der Waals surface area (Å²) in [5.41, 5.74) is 0.457. The van der Waals surface area contributed by atoms with Crippen LogP contribution in [0.2, 0.25) is 0 Å². The normalized spacial score (nSPS) is 11.8. The van der Waals surface area contributed by atoms with Crippen molar-refractivity contribution in [1.29, 1.82) is 0 Å². The number of hydrogen-bond acceptors (Lipinski definition) is 6. The Labute approximate surface area is 123 Å². The van der Waals surface area contributed by atoms with Crippen LogP contribution in [0.25, 0.3) is 0 Å². The standard InChI is InChI=1S/C14H21NO6/c1-18-6-5-15-13(14(16)17)9-7-11(20-3)12(21-4)8-10(9)19-2/h7-8,13,15H,5-6H2,1-4H3,(H,16,17). The molecule has 1 atom stereocenters. The van der Waals surface area contributed by atoms with Crippen LogP contribution in [0.4, 0.5) is 0 Å². The Morgan fingerprint density at radius 2 is 1.67 bits per heavy atom. The maximum Gasteiger partial charge on any atom is 0.325 e. The number of carbonyl (C=O) groups is 1. The number of nitrogens with one attached hydrogen (secondary N) is 1. The lowest BCUT2D eigenvalue weighted by Gasteiger charge is -2.19. The van der Waals surface area contributed by atoms with Crippen LogP contribution in [-0.4, -0.2) is 52.7 Å². The summed E-state index contributed by atoms with van der Waals surface area (Å²) >= 11 is 0. The van der Waals surface area contributed by atoms with Gasteiger partial charge in [0.05, 0.1) is 27.9 Å². The Kier molecular flexibility index (Phi) is 6.77. The molecule has 1 aromatic rings. The smallest absolute Gasteiger partial charge is 0.325 e. The topological polar surface area (TPSA) is 86.3 Å². The predicted molar refractivity (Wildman–Crippen MR) is 76.4 cm³/mol. The Bertz CT molecular complexity index is 477. The van der Waals surface area contributed by atoms with Gasteiger partial charge in [-0.15, -0.1) is 0 Å². The molecule has 0 amide bonds. The van der Waals surface area contributed by atoms with Crippen LogP contribution in [0.15, 0.2) is 12.1 Å². The molecule has 0 aliphatic carbocycles. The molecule has 0 radical (unpaired) electrons. The van der Waals surface area contributed by atoms with Crippen molar-refractivity contribution in [1.82, 2.24) is 5.32 Å².